The van der Waals surface area contributed by atoms with E-state index in [-0.39, 0.29) is 6.54 Å². The first kappa shape index (κ1) is 11.2. The fourth-order valence-corrected chi connectivity index (χ4v) is 1.20. The second-order valence-electron chi connectivity index (χ2n) is 2.66. The lowest BCUT2D eigenvalue weighted by atomic mass is 10.2. The Morgan fingerprint density at radius 2 is 2.14 bits per heavy atom. The lowest BCUT2D eigenvalue weighted by molar-refractivity contribution is 0.0814. The molecule has 0 atom stereocenters. The van der Waals surface area contributed by atoms with E-state index in [1.54, 1.807) is 12.1 Å². The highest BCUT2D eigenvalue weighted by Crippen LogP contribution is 2.22. The van der Waals surface area contributed by atoms with Gasteiger partial charge in [0.15, 0.2) is 0 Å². The first-order valence-corrected chi connectivity index (χ1v) is 4.40. The molecule has 0 unspecified atom stereocenters. The summed E-state index contributed by atoms with van der Waals surface area (Å²) in [6, 6.07) is 4.71. The molecule has 0 bridgehead atoms. The first-order chi connectivity index (χ1) is 6.63. The molecule has 2 nitrogen and oxygen atoms in total. The molecule has 2 N–H and O–H groups in total. The average Bonchev–Trinajstić information content (AvgIpc) is 2.15. The van der Waals surface area contributed by atoms with Crippen LogP contribution in [-0.2, 0) is 6.54 Å². The predicted octanol–water partition coefficient (Wildman–Crippen LogP) is 2.44. The zero-order chi connectivity index (χ0) is 10.6. The Hall–Kier alpha value is -0.870. The Kier molecular flexibility index (Phi) is 4.10. The average molecular weight is 222 g/mol. The van der Waals surface area contributed by atoms with Crippen molar-refractivity contribution < 1.29 is 13.5 Å². The van der Waals surface area contributed by atoms with Crippen LogP contribution in [0.1, 0.15) is 5.56 Å². The zero-order valence-electron chi connectivity index (χ0n) is 7.34. The monoisotopic (exact) mass is 221 g/mol. The summed E-state index contributed by atoms with van der Waals surface area (Å²) in [6.07, 6.45) is -2.49. The van der Waals surface area contributed by atoms with Crippen LogP contribution in [0.4, 0.5) is 8.78 Å². The molecule has 0 spiro atoms. The molecule has 1 aromatic rings. The third kappa shape index (κ3) is 3.12. The Bertz CT molecular complexity index is 307. The van der Waals surface area contributed by atoms with Crippen LogP contribution in [0.25, 0.3) is 0 Å². The fourth-order valence-electron chi connectivity index (χ4n) is 1.00. The molecule has 1 rings (SSSR count). The highest BCUT2D eigenvalue weighted by molar-refractivity contribution is 6.30. The molecule has 0 aliphatic rings. The summed E-state index contributed by atoms with van der Waals surface area (Å²) in [7, 11) is 0. The van der Waals surface area contributed by atoms with Crippen LogP contribution < -0.4 is 10.5 Å². The normalized spacial score (nSPS) is 10.6. The van der Waals surface area contributed by atoms with E-state index in [0.29, 0.717) is 16.3 Å². The van der Waals surface area contributed by atoms with E-state index >= 15 is 0 Å². The number of hydrogen-bond acceptors (Lipinski definition) is 2. The van der Waals surface area contributed by atoms with Crippen LogP contribution in [0.2, 0.25) is 5.02 Å². The van der Waals surface area contributed by atoms with Crippen molar-refractivity contribution in [1.29, 1.82) is 0 Å². The summed E-state index contributed by atoms with van der Waals surface area (Å²) >= 11 is 5.70. The van der Waals surface area contributed by atoms with Gasteiger partial charge in [-0.2, -0.15) is 0 Å². The number of hydrogen-bond donors (Lipinski definition) is 1. The topological polar surface area (TPSA) is 35.2 Å². The van der Waals surface area contributed by atoms with E-state index < -0.39 is 13.0 Å². The number of alkyl halides is 2. The maximum atomic E-state index is 11.9. The van der Waals surface area contributed by atoms with Crippen molar-refractivity contribution >= 4 is 11.6 Å². The molecule has 0 aliphatic heterocycles. The second-order valence-corrected chi connectivity index (χ2v) is 3.09. The number of ether oxygens (including phenoxy) is 1. The standard InChI is InChI=1S/C9H10ClF2NO/c10-7-1-2-8(6(3-7)4-13)14-5-9(11)12/h1-3,9H,4-5,13H2. The Balaban J connectivity index is 2.75. The summed E-state index contributed by atoms with van der Waals surface area (Å²) in [5, 5.41) is 0.509. The van der Waals surface area contributed by atoms with Gasteiger partial charge < -0.3 is 10.5 Å². The highest BCUT2D eigenvalue weighted by Gasteiger charge is 2.07. The van der Waals surface area contributed by atoms with Gasteiger partial charge in [-0.25, -0.2) is 8.78 Å². The molecule has 5 heteroatoms. The summed E-state index contributed by atoms with van der Waals surface area (Å²) in [4.78, 5) is 0. The van der Waals surface area contributed by atoms with Crippen molar-refractivity contribution in [3.05, 3.63) is 28.8 Å². The molecule has 0 radical (unpaired) electrons. The van der Waals surface area contributed by atoms with E-state index in [2.05, 4.69) is 0 Å². The number of benzene rings is 1. The molecule has 0 aromatic heterocycles. The molecule has 14 heavy (non-hydrogen) atoms. The van der Waals surface area contributed by atoms with Crippen LogP contribution in [0.15, 0.2) is 18.2 Å². The van der Waals surface area contributed by atoms with Gasteiger partial charge in [-0.05, 0) is 18.2 Å². The summed E-state index contributed by atoms with van der Waals surface area (Å²) in [6.45, 7) is -0.423. The van der Waals surface area contributed by atoms with E-state index in [4.69, 9.17) is 22.1 Å². The quantitative estimate of drug-likeness (QED) is 0.848. The molecule has 0 amide bonds. The van der Waals surface area contributed by atoms with Crippen molar-refractivity contribution in [1.82, 2.24) is 0 Å². The van der Waals surface area contributed by atoms with E-state index in [0.717, 1.165) is 0 Å². The number of nitrogens with two attached hydrogens (primary N) is 1. The smallest absolute Gasteiger partial charge is 0.272 e. The van der Waals surface area contributed by atoms with Gasteiger partial charge in [0.2, 0.25) is 0 Å². The van der Waals surface area contributed by atoms with Crippen molar-refractivity contribution in [3.8, 4) is 5.75 Å². The summed E-state index contributed by atoms with van der Waals surface area (Å²) < 4.78 is 28.6. The Morgan fingerprint density at radius 3 is 2.71 bits per heavy atom. The maximum absolute atomic E-state index is 11.9. The molecule has 0 heterocycles. The lowest BCUT2D eigenvalue weighted by Gasteiger charge is -2.09. The van der Waals surface area contributed by atoms with Crippen LogP contribution in [0.5, 0.6) is 5.75 Å². The second kappa shape index (κ2) is 5.12. The van der Waals surface area contributed by atoms with Gasteiger partial charge >= 0.3 is 0 Å². The van der Waals surface area contributed by atoms with Gasteiger partial charge in [0, 0.05) is 17.1 Å². The van der Waals surface area contributed by atoms with Crippen LogP contribution >= 0.6 is 11.6 Å². The minimum absolute atomic E-state index is 0.207. The van der Waals surface area contributed by atoms with Crippen molar-refractivity contribution in [2.45, 2.75) is 13.0 Å². The molecule has 0 aliphatic carbocycles. The molecule has 1 aromatic carbocycles. The van der Waals surface area contributed by atoms with Crippen molar-refractivity contribution in [2.75, 3.05) is 6.61 Å². The fraction of sp³-hybridized carbons (Fsp3) is 0.333. The van der Waals surface area contributed by atoms with Crippen LogP contribution in [-0.4, -0.2) is 13.0 Å². The van der Waals surface area contributed by atoms with Gasteiger partial charge in [-0.3, -0.25) is 0 Å². The van der Waals surface area contributed by atoms with Gasteiger partial charge in [0.1, 0.15) is 12.4 Å². The Labute approximate surface area is 85.6 Å². The number of rotatable bonds is 4. The third-order valence-electron chi connectivity index (χ3n) is 1.61. The number of halogens is 3. The maximum Gasteiger partial charge on any atom is 0.272 e. The molecule has 0 saturated heterocycles. The largest absolute Gasteiger partial charge is 0.487 e. The van der Waals surface area contributed by atoms with E-state index in [1.807, 2.05) is 0 Å². The SMILES string of the molecule is NCc1cc(Cl)ccc1OCC(F)F. The molecular formula is C9H10ClF2NO. The summed E-state index contributed by atoms with van der Waals surface area (Å²) in [5.74, 6) is 0.359. The molecular weight excluding hydrogens is 212 g/mol. The van der Waals surface area contributed by atoms with Crippen molar-refractivity contribution in [2.24, 2.45) is 5.73 Å². The first-order valence-electron chi connectivity index (χ1n) is 4.03. The van der Waals surface area contributed by atoms with E-state index in [9.17, 15) is 8.78 Å². The van der Waals surface area contributed by atoms with Crippen LogP contribution in [0.3, 0.4) is 0 Å². The minimum Gasteiger partial charge on any atom is -0.487 e. The molecule has 0 saturated carbocycles. The van der Waals surface area contributed by atoms with Gasteiger partial charge in [-0.1, -0.05) is 11.6 Å². The van der Waals surface area contributed by atoms with Crippen LogP contribution in [0, 0.1) is 0 Å². The van der Waals surface area contributed by atoms with Gasteiger partial charge in [-0.15, -0.1) is 0 Å². The summed E-state index contributed by atoms with van der Waals surface area (Å²) in [5.41, 5.74) is 6.02. The Morgan fingerprint density at radius 1 is 1.43 bits per heavy atom. The molecule has 0 fully saturated rings. The van der Waals surface area contributed by atoms with Gasteiger partial charge in [0.25, 0.3) is 6.43 Å². The predicted molar refractivity (Wildman–Crippen MR) is 50.8 cm³/mol. The zero-order valence-corrected chi connectivity index (χ0v) is 8.10. The van der Waals surface area contributed by atoms with Crippen molar-refractivity contribution in [3.63, 3.8) is 0 Å². The lowest BCUT2D eigenvalue weighted by Crippen LogP contribution is -2.09. The minimum atomic E-state index is -2.49. The third-order valence-corrected chi connectivity index (χ3v) is 1.84. The molecule has 78 valence electrons. The van der Waals surface area contributed by atoms with Gasteiger partial charge in [0.05, 0.1) is 0 Å². The highest BCUT2D eigenvalue weighted by atomic mass is 35.5. The van der Waals surface area contributed by atoms with E-state index in [1.165, 1.54) is 6.07 Å².